The van der Waals surface area contributed by atoms with Crippen LogP contribution in [0.3, 0.4) is 0 Å². The molecule has 0 aromatic carbocycles. The van der Waals surface area contributed by atoms with Gasteiger partial charge in [-0.1, -0.05) is 25.7 Å². The smallest absolute Gasteiger partial charge is 0.223 e. The van der Waals surface area contributed by atoms with Gasteiger partial charge in [0, 0.05) is 36.0 Å². The first kappa shape index (κ1) is 23.5. The second kappa shape index (κ2) is 10.9. The van der Waals surface area contributed by atoms with E-state index in [0.29, 0.717) is 12.1 Å². The van der Waals surface area contributed by atoms with Crippen LogP contribution in [0.2, 0.25) is 0 Å². The van der Waals surface area contributed by atoms with E-state index < -0.39 is 0 Å². The van der Waals surface area contributed by atoms with Gasteiger partial charge in [-0.15, -0.1) is 0 Å². The molecule has 0 bridgehead atoms. The molecule has 30 heavy (non-hydrogen) atoms. The lowest BCUT2D eigenvalue weighted by Gasteiger charge is -2.38. The van der Waals surface area contributed by atoms with Crippen LogP contribution in [0.5, 0.6) is 0 Å². The Balaban J connectivity index is 1.45. The van der Waals surface area contributed by atoms with Gasteiger partial charge in [-0.25, -0.2) is 0 Å². The lowest BCUT2D eigenvalue weighted by Crippen LogP contribution is -2.53. The zero-order chi connectivity index (χ0) is 21.7. The van der Waals surface area contributed by atoms with Crippen molar-refractivity contribution < 1.29 is 9.59 Å². The Morgan fingerprint density at radius 1 is 0.567 bits per heavy atom. The Kier molecular flexibility index (Phi) is 8.58. The molecule has 0 aromatic rings. The van der Waals surface area contributed by atoms with E-state index >= 15 is 0 Å². The fraction of sp³-hybridized carbons (Fsp3) is 0.917. The summed E-state index contributed by atoms with van der Waals surface area (Å²) >= 11 is 0. The fourth-order valence-electron chi connectivity index (χ4n) is 6.01. The molecule has 0 aromatic heterocycles. The predicted molar refractivity (Wildman–Crippen MR) is 121 cm³/mol. The van der Waals surface area contributed by atoms with Gasteiger partial charge < -0.3 is 20.4 Å². The first-order valence-electron chi connectivity index (χ1n) is 12.3. The molecule has 3 aliphatic carbocycles. The fourth-order valence-corrected chi connectivity index (χ4v) is 6.01. The predicted octanol–water partition coefficient (Wildman–Crippen LogP) is 2.77. The molecule has 3 rings (SSSR count). The van der Waals surface area contributed by atoms with Gasteiger partial charge in [0.05, 0.1) is 0 Å². The van der Waals surface area contributed by atoms with Crippen molar-refractivity contribution in [2.45, 2.75) is 101 Å². The molecule has 0 aliphatic heterocycles. The van der Waals surface area contributed by atoms with Gasteiger partial charge in [-0.2, -0.15) is 0 Å². The highest BCUT2D eigenvalue weighted by Crippen LogP contribution is 2.31. The van der Waals surface area contributed by atoms with Crippen LogP contribution in [-0.2, 0) is 9.59 Å². The molecule has 4 atom stereocenters. The molecule has 4 unspecified atom stereocenters. The molecule has 3 fully saturated rings. The number of likely N-dealkylation sites (N-methyl/N-ethyl adjacent to an activating group) is 2. The molecular weight excluding hydrogens is 376 g/mol. The van der Waals surface area contributed by atoms with Crippen LogP contribution < -0.4 is 10.6 Å². The quantitative estimate of drug-likeness (QED) is 0.694. The Labute approximate surface area is 183 Å². The third-order valence-electron chi connectivity index (χ3n) is 7.91. The molecule has 3 aliphatic rings. The van der Waals surface area contributed by atoms with Crippen molar-refractivity contribution in [2.75, 3.05) is 28.2 Å². The maximum Gasteiger partial charge on any atom is 0.223 e. The summed E-state index contributed by atoms with van der Waals surface area (Å²) in [4.78, 5) is 30.3. The number of nitrogens with zero attached hydrogens (tertiary/aromatic N) is 2. The van der Waals surface area contributed by atoms with E-state index in [2.05, 4.69) is 48.6 Å². The number of hydrogen-bond acceptors (Lipinski definition) is 4. The monoisotopic (exact) mass is 420 g/mol. The highest BCUT2D eigenvalue weighted by Gasteiger charge is 2.35. The molecule has 0 heterocycles. The number of amides is 2. The van der Waals surface area contributed by atoms with Gasteiger partial charge in [-0.05, 0) is 79.6 Å². The first-order chi connectivity index (χ1) is 14.4. The van der Waals surface area contributed by atoms with Crippen LogP contribution in [0.1, 0.15) is 77.0 Å². The summed E-state index contributed by atoms with van der Waals surface area (Å²) < 4.78 is 0. The number of nitrogens with one attached hydrogen (secondary N) is 2. The molecule has 0 radical (unpaired) electrons. The summed E-state index contributed by atoms with van der Waals surface area (Å²) in [5, 5.41) is 6.72. The standard InChI is InChI=1S/C24H44N4O2/c1-27(2)21-11-7-5-9-19(21)25-23(29)17-13-15-18(16-14-17)24(30)26-20-10-6-8-12-22(20)28(3)4/h17-22H,5-16H2,1-4H3,(H,25,29)(H,26,30). The number of carbonyl (C=O) groups is 2. The second-order valence-electron chi connectivity index (χ2n) is 10.4. The number of hydrogen-bond donors (Lipinski definition) is 2. The summed E-state index contributed by atoms with van der Waals surface area (Å²) in [5.41, 5.74) is 0. The highest BCUT2D eigenvalue weighted by molar-refractivity contribution is 5.81. The summed E-state index contributed by atoms with van der Waals surface area (Å²) in [6.07, 6.45) is 12.8. The Morgan fingerprint density at radius 3 is 1.23 bits per heavy atom. The second-order valence-corrected chi connectivity index (χ2v) is 10.4. The van der Waals surface area contributed by atoms with Crippen molar-refractivity contribution in [3.63, 3.8) is 0 Å². The molecule has 6 nitrogen and oxygen atoms in total. The lowest BCUT2D eigenvalue weighted by molar-refractivity contribution is -0.132. The molecule has 6 heteroatoms. The van der Waals surface area contributed by atoms with Crippen molar-refractivity contribution in [1.29, 1.82) is 0 Å². The number of rotatable bonds is 6. The normalized spacial score (nSPS) is 35.3. The minimum Gasteiger partial charge on any atom is -0.352 e. The lowest BCUT2D eigenvalue weighted by atomic mass is 9.80. The minimum absolute atomic E-state index is 0.0722. The largest absolute Gasteiger partial charge is 0.352 e. The van der Waals surface area contributed by atoms with Crippen molar-refractivity contribution in [3.8, 4) is 0 Å². The maximum absolute atomic E-state index is 12.9. The Bertz CT molecular complexity index is 522. The molecular formula is C24H44N4O2. The van der Waals surface area contributed by atoms with Crippen LogP contribution in [0.4, 0.5) is 0 Å². The zero-order valence-corrected chi connectivity index (χ0v) is 19.7. The Morgan fingerprint density at radius 2 is 0.900 bits per heavy atom. The molecule has 3 saturated carbocycles. The van der Waals surface area contributed by atoms with E-state index in [-0.39, 0.29) is 35.7 Å². The van der Waals surface area contributed by atoms with Crippen LogP contribution in [0, 0.1) is 11.8 Å². The van der Waals surface area contributed by atoms with Crippen LogP contribution in [0.15, 0.2) is 0 Å². The van der Waals surface area contributed by atoms with E-state index in [0.717, 1.165) is 38.5 Å². The van der Waals surface area contributed by atoms with E-state index in [9.17, 15) is 9.59 Å². The van der Waals surface area contributed by atoms with E-state index in [4.69, 9.17) is 0 Å². The van der Waals surface area contributed by atoms with Gasteiger partial charge in [0.25, 0.3) is 0 Å². The van der Waals surface area contributed by atoms with E-state index in [1.807, 2.05) is 0 Å². The molecule has 172 valence electrons. The maximum atomic E-state index is 12.9. The average molecular weight is 421 g/mol. The van der Waals surface area contributed by atoms with Crippen molar-refractivity contribution in [2.24, 2.45) is 11.8 Å². The SMILES string of the molecule is CN(C)C1CCCCC1NC(=O)C1CCC(C(=O)NC2CCCCC2N(C)C)CC1. The number of carbonyl (C=O) groups excluding carboxylic acids is 2. The van der Waals surface area contributed by atoms with Gasteiger partial charge in [0.1, 0.15) is 0 Å². The van der Waals surface area contributed by atoms with Gasteiger partial charge >= 0.3 is 0 Å². The van der Waals surface area contributed by atoms with Gasteiger partial charge in [0.2, 0.25) is 11.8 Å². The van der Waals surface area contributed by atoms with Crippen molar-refractivity contribution >= 4 is 11.8 Å². The summed E-state index contributed by atoms with van der Waals surface area (Å²) in [7, 11) is 8.47. The van der Waals surface area contributed by atoms with Crippen LogP contribution >= 0.6 is 0 Å². The summed E-state index contributed by atoms with van der Waals surface area (Å²) in [6.45, 7) is 0. The van der Waals surface area contributed by atoms with E-state index in [1.165, 1.54) is 38.5 Å². The van der Waals surface area contributed by atoms with Gasteiger partial charge in [0.15, 0.2) is 0 Å². The average Bonchev–Trinajstić information content (AvgIpc) is 2.74. The molecule has 2 amide bonds. The molecule has 0 saturated heterocycles. The first-order valence-corrected chi connectivity index (χ1v) is 12.3. The third kappa shape index (κ3) is 5.97. The van der Waals surface area contributed by atoms with Crippen LogP contribution in [0.25, 0.3) is 0 Å². The third-order valence-corrected chi connectivity index (χ3v) is 7.91. The molecule has 2 N–H and O–H groups in total. The topological polar surface area (TPSA) is 64.7 Å². The van der Waals surface area contributed by atoms with Gasteiger partial charge in [-0.3, -0.25) is 9.59 Å². The van der Waals surface area contributed by atoms with Crippen LogP contribution in [-0.4, -0.2) is 74.0 Å². The Hall–Kier alpha value is -1.14. The minimum atomic E-state index is 0.0722. The van der Waals surface area contributed by atoms with Crippen molar-refractivity contribution in [1.82, 2.24) is 20.4 Å². The zero-order valence-electron chi connectivity index (χ0n) is 19.7. The summed E-state index contributed by atoms with van der Waals surface area (Å²) in [5.74, 6) is 0.575. The highest BCUT2D eigenvalue weighted by atomic mass is 16.2. The summed E-state index contributed by atoms with van der Waals surface area (Å²) in [6, 6.07) is 1.45. The van der Waals surface area contributed by atoms with Crippen molar-refractivity contribution in [3.05, 3.63) is 0 Å². The molecule has 0 spiro atoms. The van der Waals surface area contributed by atoms with E-state index in [1.54, 1.807) is 0 Å².